The Labute approximate surface area is 223 Å². The first-order valence-corrected chi connectivity index (χ1v) is 20.6. The molecule has 1 fully saturated rings. The van der Waals surface area contributed by atoms with Crippen LogP contribution in [0.2, 0.25) is 39.3 Å². The summed E-state index contributed by atoms with van der Waals surface area (Å²) in [6.45, 7) is 15.8. The number of unbranched alkanes of at least 4 members (excludes halogenated alkanes) is 3. The Balaban J connectivity index is 3.09. The third kappa shape index (κ3) is 13.9. The Bertz CT molecular complexity index is 724. The molecule has 1 aliphatic carbocycles. The van der Waals surface area contributed by atoms with Crippen LogP contribution in [0.15, 0.2) is 29.5 Å². The van der Waals surface area contributed by atoms with Crippen molar-refractivity contribution < 1.29 is 23.2 Å². The van der Waals surface area contributed by atoms with E-state index in [-0.39, 0.29) is 30.0 Å². The highest BCUT2D eigenvalue weighted by atomic mass is 28.4. The van der Waals surface area contributed by atoms with Gasteiger partial charge < -0.3 is 18.4 Å². The Morgan fingerprint density at radius 1 is 1.06 bits per heavy atom. The number of allylic oxidation sites excluding steroid dienone is 2. The van der Waals surface area contributed by atoms with Gasteiger partial charge in [-0.3, -0.25) is 4.79 Å². The van der Waals surface area contributed by atoms with E-state index in [1.54, 1.807) is 7.11 Å². The van der Waals surface area contributed by atoms with Crippen LogP contribution in [0.1, 0.15) is 64.7 Å². The van der Waals surface area contributed by atoms with E-state index in [2.05, 4.69) is 75.7 Å². The summed E-state index contributed by atoms with van der Waals surface area (Å²) in [5.74, 6) is 0.297. The molecule has 4 atom stereocenters. The summed E-state index contributed by atoms with van der Waals surface area (Å²) in [5, 5.41) is 4.43. The highest BCUT2D eigenvalue weighted by Gasteiger charge is 2.42. The van der Waals surface area contributed by atoms with Gasteiger partial charge in [0, 0.05) is 24.7 Å². The molecule has 0 aliphatic heterocycles. The lowest BCUT2D eigenvalue weighted by Gasteiger charge is -2.29. The molecule has 0 amide bonds. The minimum absolute atomic E-state index is 0.0997. The van der Waals surface area contributed by atoms with E-state index in [4.69, 9.17) is 18.4 Å². The van der Waals surface area contributed by atoms with Crippen LogP contribution in [-0.4, -0.2) is 54.7 Å². The lowest BCUT2D eigenvalue weighted by molar-refractivity contribution is -0.140. The van der Waals surface area contributed by atoms with E-state index in [0.717, 1.165) is 37.8 Å². The van der Waals surface area contributed by atoms with Crippen molar-refractivity contribution in [1.29, 1.82) is 0 Å². The van der Waals surface area contributed by atoms with Gasteiger partial charge in [0.15, 0.2) is 16.6 Å². The molecule has 1 aliphatic rings. The summed E-state index contributed by atoms with van der Waals surface area (Å²) in [4.78, 5) is 16.6. The van der Waals surface area contributed by atoms with Crippen LogP contribution in [0.4, 0.5) is 0 Å². The zero-order chi connectivity index (χ0) is 27.2. The summed E-state index contributed by atoms with van der Waals surface area (Å²) < 4.78 is 18.0. The van der Waals surface area contributed by atoms with E-state index < -0.39 is 16.6 Å². The van der Waals surface area contributed by atoms with Crippen LogP contribution in [0.3, 0.4) is 0 Å². The zero-order valence-corrected chi connectivity index (χ0v) is 26.5. The van der Waals surface area contributed by atoms with Crippen molar-refractivity contribution in [2.75, 3.05) is 14.2 Å². The number of hydrogen-bond acceptors (Lipinski definition) is 6. The van der Waals surface area contributed by atoms with Gasteiger partial charge in [-0.15, -0.1) is 0 Å². The molecular formula is C28H53NO5Si2. The first-order valence-electron chi connectivity index (χ1n) is 13.8. The number of rotatable bonds is 17. The van der Waals surface area contributed by atoms with E-state index in [1.165, 1.54) is 26.4 Å². The third-order valence-corrected chi connectivity index (χ3v) is 8.15. The maximum Gasteiger partial charge on any atom is 0.305 e. The highest BCUT2D eigenvalue weighted by Crippen LogP contribution is 2.38. The quantitative estimate of drug-likeness (QED) is 0.0630. The van der Waals surface area contributed by atoms with Gasteiger partial charge in [0.1, 0.15) is 7.11 Å². The summed E-state index contributed by atoms with van der Waals surface area (Å²) in [6.07, 6.45) is 17.8. The molecule has 0 radical (unpaired) electrons. The number of carbonyl (C=O) groups is 1. The van der Waals surface area contributed by atoms with E-state index in [9.17, 15) is 4.79 Å². The van der Waals surface area contributed by atoms with Crippen molar-refractivity contribution in [3.63, 3.8) is 0 Å². The van der Waals surface area contributed by atoms with Gasteiger partial charge in [-0.05, 0) is 65.0 Å². The molecule has 1 rings (SSSR count). The molecule has 0 saturated heterocycles. The van der Waals surface area contributed by atoms with Gasteiger partial charge in [0.25, 0.3) is 0 Å². The monoisotopic (exact) mass is 539 g/mol. The molecule has 0 spiro atoms. The minimum Gasteiger partial charge on any atom is -0.469 e. The molecule has 36 heavy (non-hydrogen) atoms. The van der Waals surface area contributed by atoms with Crippen molar-refractivity contribution >= 4 is 28.3 Å². The van der Waals surface area contributed by atoms with Crippen LogP contribution in [0, 0.1) is 11.8 Å². The first-order chi connectivity index (χ1) is 16.9. The molecule has 0 aromatic heterocycles. The Kier molecular flexibility index (Phi) is 15.1. The SMILES string of the molecule is CCCCCC(C=CC1C(O[Si](C)(C)C)CC(=NOC)C1CC=CCCCC(=O)OC)O[Si](C)(C)C. The van der Waals surface area contributed by atoms with Gasteiger partial charge in [0.05, 0.1) is 25.0 Å². The average molecular weight is 540 g/mol. The summed E-state index contributed by atoms with van der Waals surface area (Å²) in [6, 6.07) is 0. The standard InChI is InChI=1S/C28H53NO5Si2/c1-10-11-14-17-23(33-35(4,5)6)20-21-25-24(18-15-12-13-16-19-28(30)31-2)26(29-32-3)22-27(25)34-36(7,8)9/h12,15,20-21,23-25,27H,10-11,13-14,16-19,22H2,1-9H3. The number of ether oxygens (including phenoxy) is 1. The molecule has 0 aromatic carbocycles. The number of methoxy groups -OCH3 is 1. The molecule has 0 N–H and O–H groups in total. The molecule has 0 heterocycles. The van der Waals surface area contributed by atoms with Gasteiger partial charge in [0.2, 0.25) is 0 Å². The molecule has 4 unspecified atom stereocenters. The second-order valence-electron chi connectivity index (χ2n) is 11.7. The van der Waals surface area contributed by atoms with E-state index >= 15 is 0 Å². The van der Waals surface area contributed by atoms with Gasteiger partial charge >= 0.3 is 5.97 Å². The van der Waals surface area contributed by atoms with Crippen molar-refractivity contribution in [3.05, 3.63) is 24.3 Å². The number of esters is 1. The molecule has 0 aromatic rings. The molecule has 208 valence electrons. The van der Waals surface area contributed by atoms with Crippen LogP contribution >= 0.6 is 0 Å². The fourth-order valence-electron chi connectivity index (χ4n) is 4.65. The van der Waals surface area contributed by atoms with Crippen molar-refractivity contribution in [2.45, 2.75) is 116 Å². The van der Waals surface area contributed by atoms with Crippen molar-refractivity contribution in [2.24, 2.45) is 17.0 Å². The van der Waals surface area contributed by atoms with Crippen LogP contribution in [0.5, 0.6) is 0 Å². The second kappa shape index (κ2) is 16.6. The average Bonchev–Trinajstić information content (AvgIpc) is 3.07. The van der Waals surface area contributed by atoms with Gasteiger partial charge in [-0.1, -0.05) is 55.6 Å². The number of nitrogens with zero attached hydrogens (tertiary/aromatic N) is 1. The Morgan fingerprint density at radius 2 is 1.78 bits per heavy atom. The highest BCUT2D eigenvalue weighted by molar-refractivity contribution is 6.70. The fraction of sp³-hybridized carbons (Fsp3) is 0.786. The lowest BCUT2D eigenvalue weighted by Crippen LogP contribution is -2.35. The topological polar surface area (TPSA) is 66.4 Å². The van der Waals surface area contributed by atoms with E-state index in [1.807, 2.05) is 0 Å². The molecular weight excluding hydrogens is 486 g/mol. The molecule has 1 saturated carbocycles. The predicted molar refractivity (Wildman–Crippen MR) is 155 cm³/mol. The number of carbonyl (C=O) groups excluding carboxylic acids is 1. The molecule has 8 heteroatoms. The summed E-state index contributed by atoms with van der Waals surface area (Å²) in [7, 11) is -0.354. The van der Waals surface area contributed by atoms with Gasteiger partial charge in [-0.2, -0.15) is 0 Å². The number of oxime groups is 1. The zero-order valence-electron chi connectivity index (χ0n) is 24.5. The van der Waals surface area contributed by atoms with Crippen molar-refractivity contribution in [1.82, 2.24) is 0 Å². The largest absolute Gasteiger partial charge is 0.469 e. The Hall–Kier alpha value is -1.23. The van der Waals surface area contributed by atoms with Crippen LogP contribution in [-0.2, 0) is 23.2 Å². The summed E-state index contributed by atoms with van der Waals surface area (Å²) >= 11 is 0. The smallest absolute Gasteiger partial charge is 0.305 e. The maximum atomic E-state index is 11.4. The van der Waals surface area contributed by atoms with Crippen LogP contribution < -0.4 is 0 Å². The lowest BCUT2D eigenvalue weighted by atomic mass is 9.89. The minimum atomic E-state index is -1.75. The fourth-order valence-corrected chi connectivity index (χ4v) is 6.90. The predicted octanol–water partition coefficient (Wildman–Crippen LogP) is 7.49. The van der Waals surface area contributed by atoms with Crippen molar-refractivity contribution in [3.8, 4) is 0 Å². The molecule has 6 nitrogen and oxygen atoms in total. The summed E-state index contributed by atoms with van der Waals surface area (Å²) in [5.41, 5.74) is 1.07. The maximum absolute atomic E-state index is 11.4. The Morgan fingerprint density at radius 3 is 2.36 bits per heavy atom. The number of hydrogen-bond donors (Lipinski definition) is 0. The van der Waals surface area contributed by atoms with Gasteiger partial charge in [-0.25, -0.2) is 0 Å². The third-order valence-electron chi connectivity index (χ3n) is 6.13. The first kappa shape index (κ1) is 32.8. The normalized spacial score (nSPS) is 23.1. The van der Waals surface area contributed by atoms with E-state index in [0.29, 0.717) is 6.42 Å². The molecule has 0 bridgehead atoms. The second-order valence-corrected chi connectivity index (χ2v) is 20.7. The van der Waals surface area contributed by atoms with Crippen LogP contribution in [0.25, 0.3) is 0 Å².